The van der Waals surface area contributed by atoms with Crippen molar-refractivity contribution >= 4 is 12.2 Å². The monoisotopic (exact) mass is 263 g/mol. The largest absolute Gasteiger partial charge is 0.496 e. The molecule has 19 heavy (non-hydrogen) atoms. The van der Waals surface area contributed by atoms with Gasteiger partial charge in [0.15, 0.2) is 0 Å². The lowest BCUT2D eigenvalue weighted by molar-refractivity contribution is -0.138. The SMILES string of the molecule is COc1cc(C)c(CN(C)C(=O)C=O)cc1C(C)C. The number of ether oxygens (including phenoxy) is 1. The van der Waals surface area contributed by atoms with Crippen molar-refractivity contribution in [3.8, 4) is 5.75 Å². The van der Waals surface area contributed by atoms with Gasteiger partial charge in [-0.2, -0.15) is 0 Å². The minimum atomic E-state index is -0.513. The molecule has 0 aromatic heterocycles. The predicted molar refractivity (Wildman–Crippen MR) is 74.4 cm³/mol. The highest BCUT2D eigenvalue weighted by Crippen LogP contribution is 2.30. The first-order valence-corrected chi connectivity index (χ1v) is 6.28. The predicted octanol–water partition coefficient (Wildman–Crippen LogP) is 2.28. The summed E-state index contributed by atoms with van der Waals surface area (Å²) in [7, 11) is 3.28. The number of aldehydes is 1. The molecule has 0 unspecified atom stereocenters. The van der Waals surface area contributed by atoms with Gasteiger partial charge in [0.2, 0.25) is 6.29 Å². The van der Waals surface area contributed by atoms with Crippen molar-refractivity contribution in [2.75, 3.05) is 14.2 Å². The Morgan fingerprint density at radius 3 is 2.53 bits per heavy atom. The summed E-state index contributed by atoms with van der Waals surface area (Å²) in [5.41, 5.74) is 3.18. The summed E-state index contributed by atoms with van der Waals surface area (Å²) in [4.78, 5) is 23.2. The second-order valence-corrected chi connectivity index (χ2v) is 4.99. The van der Waals surface area contributed by atoms with Crippen molar-refractivity contribution in [2.24, 2.45) is 0 Å². The number of amides is 1. The van der Waals surface area contributed by atoms with Crippen LogP contribution < -0.4 is 4.74 Å². The van der Waals surface area contributed by atoms with Crippen LogP contribution in [-0.2, 0) is 16.1 Å². The number of nitrogens with zero attached hydrogens (tertiary/aromatic N) is 1. The maximum absolute atomic E-state index is 11.3. The van der Waals surface area contributed by atoms with Crippen LogP contribution in [0.25, 0.3) is 0 Å². The zero-order chi connectivity index (χ0) is 14.6. The summed E-state index contributed by atoms with van der Waals surface area (Å²) in [6.07, 6.45) is 0.336. The molecule has 1 aromatic rings. The van der Waals surface area contributed by atoms with Crippen molar-refractivity contribution in [3.63, 3.8) is 0 Å². The summed E-state index contributed by atoms with van der Waals surface area (Å²) >= 11 is 0. The van der Waals surface area contributed by atoms with E-state index in [1.807, 2.05) is 19.1 Å². The Kier molecular flexibility index (Phi) is 5.10. The Morgan fingerprint density at radius 2 is 2.05 bits per heavy atom. The van der Waals surface area contributed by atoms with Gasteiger partial charge >= 0.3 is 0 Å². The van der Waals surface area contributed by atoms with E-state index in [9.17, 15) is 9.59 Å². The average Bonchev–Trinajstić information content (AvgIpc) is 2.38. The van der Waals surface area contributed by atoms with Crippen molar-refractivity contribution in [1.82, 2.24) is 4.90 Å². The van der Waals surface area contributed by atoms with Crippen LogP contribution in [0.15, 0.2) is 12.1 Å². The van der Waals surface area contributed by atoms with Crippen LogP contribution in [0.4, 0.5) is 0 Å². The molecule has 1 aromatic carbocycles. The Morgan fingerprint density at radius 1 is 1.42 bits per heavy atom. The van der Waals surface area contributed by atoms with E-state index >= 15 is 0 Å². The smallest absolute Gasteiger partial charge is 0.286 e. The van der Waals surface area contributed by atoms with E-state index in [1.54, 1.807) is 14.2 Å². The van der Waals surface area contributed by atoms with Gasteiger partial charge in [-0.15, -0.1) is 0 Å². The number of benzene rings is 1. The zero-order valence-corrected chi connectivity index (χ0v) is 12.2. The van der Waals surface area contributed by atoms with Gasteiger partial charge < -0.3 is 9.64 Å². The topological polar surface area (TPSA) is 46.6 Å². The molecular formula is C15H21NO3. The van der Waals surface area contributed by atoms with Gasteiger partial charge in [-0.25, -0.2) is 0 Å². The Bertz CT molecular complexity index is 481. The lowest BCUT2D eigenvalue weighted by Gasteiger charge is -2.19. The highest BCUT2D eigenvalue weighted by molar-refractivity contribution is 6.23. The van der Waals surface area contributed by atoms with Crippen molar-refractivity contribution in [2.45, 2.75) is 33.2 Å². The second-order valence-electron chi connectivity index (χ2n) is 4.99. The molecule has 1 rings (SSSR count). The second kappa shape index (κ2) is 6.36. The third-order valence-corrected chi connectivity index (χ3v) is 3.19. The van der Waals surface area contributed by atoms with E-state index in [-0.39, 0.29) is 0 Å². The molecule has 0 bridgehead atoms. The van der Waals surface area contributed by atoms with E-state index in [2.05, 4.69) is 13.8 Å². The zero-order valence-electron chi connectivity index (χ0n) is 12.2. The number of likely N-dealkylation sites (N-methyl/N-ethyl adjacent to an activating group) is 1. The number of carbonyl (C=O) groups excluding carboxylic acids is 2. The summed E-state index contributed by atoms with van der Waals surface area (Å²) in [5.74, 6) is 0.684. The third kappa shape index (κ3) is 3.56. The van der Waals surface area contributed by atoms with Gasteiger partial charge in [-0.05, 0) is 41.7 Å². The number of hydrogen-bond donors (Lipinski definition) is 0. The Labute approximate surface area is 114 Å². The molecule has 0 fully saturated rings. The number of methoxy groups -OCH3 is 1. The van der Waals surface area contributed by atoms with E-state index in [4.69, 9.17) is 4.74 Å². The van der Waals surface area contributed by atoms with E-state index in [1.165, 1.54) is 4.90 Å². The van der Waals surface area contributed by atoms with Gasteiger partial charge in [0.25, 0.3) is 5.91 Å². The molecule has 0 aliphatic carbocycles. The van der Waals surface area contributed by atoms with Crippen LogP contribution in [-0.4, -0.2) is 31.3 Å². The molecule has 1 amide bonds. The maximum Gasteiger partial charge on any atom is 0.286 e. The number of hydrogen-bond acceptors (Lipinski definition) is 3. The van der Waals surface area contributed by atoms with Crippen LogP contribution in [0.1, 0.15) is 36.5 Å². The van der Waals surface area contributed by atoms with Gasteiger partial charge in [-0.1, -0.05) is 13.8 Å². The molecule has 4 heteroatoms. The molecule has 0 atom stereocenters. The van der Waals surface area contributed by atoms with E-state index < -0.39 is 5.91 Å². The fourth-order valence-corrected chi connectivity index (χ4v) is 1.97. The van der Waals surface area contributed by atoms with Crippen molar-refractivity contribution in [1.29, 1.82) is 0 Å². The van der Waals surface area contributed by atoms with Gasteiger partial charge in [0.1, 0.15) is 5.75 Å². The molecule has 0 aliphatic heterocycles. The van der Waals surface area contributed by atoms with Crippen molar-refractivity contribution < 1.29 is 14.3 Å². The summed E-state index contributed by atoms with van der Waals surface area (Å²) < 4.78 is 5.38. The number of rotatable bonds is 5. The highest BCUT2D eigenvalue weighted by atomic mass is 16.5. The van der Waals surface area contributed by atoms with Crippen molar-refractivity contribution in [3.05, 3.63) is 28.8 Å². The molecule has 4 nitrogen and oxygen atoms in total. The first-order chi connectivity index (χ1) is 8.90. The fourth-order valence-electron chi connectivity index (χ4n) is 1.97. The summed E-state index contributed by atoms with van der Waals surface area (Å²) in [6, 6.07) is 4.03. The van der Waals surface area contributed by atoms with Crippen LogP contribution in [0, 0.1) is 6.92 Å². The number of carbonyl (C=O) groups is 2. The van der Waals surface area contributed by atoms with Crippen LogP contribution >= 0.6 is 0 Å². The van der Waals surface area contributed by atoms with Crippen LogP contribution in [0.3, 0.4) is 0 Å². The first-order valence-electron chi connectivity index (χ1n) is 6.28. The molecule has 104 valence electrons. The highest BCUT2D eigenvalue weighted by Gasteiger charge is 2.14. The molecular weight excluding hydrogens is 242 g/mol. The Hall–Kier alpha value is -1.84. The maximum atomic E-state index is 11.3. The first kappa shape index (κ1) is 15.2. The molecule has 0 aliphatic rings. The molecule has 0 spiro atoms. The molecule has 0 saturated carbocycles. The Balaban J connectivity index is 3.11. The van der Waals surface area contributed by atoms with Crippen LogP contribution in [0.2, 0.25) is 0 Å². The summed E-state index contributed by atoms with van der Waals surface area (Å²) in [5, 5.41) is 0. The minimum Gasteiger partial charge on any atom is -0.496 e. The normalized spacial score (nSPS) is 10.4. The quantitative estimate of drug-likeness (QED) is 0.605. The molecule has 0 saturated heterocycles. The van der Waals surface area contributed by atoms with Gasteiger partial charge in [-0.3, -0.25) is 9.59 Å². The third-order valence-electron chi connectivity index (χ3n) is 3.19. The van der Waals surface area contributed by atoms with E-state index in [0.717, 1.165) is 22.4 Å². The minimum absolute atomic E-state index is 0.335. The summed E-state index contributed by atoms with van der Waals surface area (Å²) in [6.45, 7) is 6.59. The average molecular weight is 263 g/mol. The standard InChI is InChI=1S/C15H21NO3/c1-10(2)13-7-12(8-16(4)15(18)9-17)11(3)6-14(13)19-5/h6-7,9-10H,8H2,1-5H3. The fraction of sp³-hybridized carbons (Fsp3) is 0.467. The molecule has 0 N–H and O–H groups in total. The molecule has 0 heterocycles. The van der Waals surface area contributed by atoms with Gasteiger partial charge in [0, 0.05) is 13.6 Å². The van der Waals surface area contributed by atoms with Crippen LogP contribution in [0.5, 0.6) is 5.75 Å². The lowest BCUT2D eigenvalue weighted by atomic mass is 9.96. The molecule has 0 radical (unpaired) electrons. The lowest BCUT2D eigenvalue weighted by Crippen LogP contribution is -2.27. The van der Waals surface area contributed by atoms with E-state index in [0.29, 0.717) is 18.7 Å². The number of aryl methyl sites for hydroxylation is 1. The van der Waals surface area contributed by atoms with Gasteiger partial charge in [0.05, 0.1) is 7.11 Å².